The van der Waals surface area contributed by atoms with Crippen LogP contribution in [0, 0.1) is 11.7 Å². The summed E-state index contributed by atoms with van der Waals surface area (Å²) in [6, 6.07) is 6.32. The first kappa shape index (κ1) is 19.5. The van der Waals surface area contributed by atoms with Crippen molar-refractivity contribution in [3.8, 4) is 0 Å². The zero-order chi connectivity index (χ0) is 19.3. The number of fused-ring (bicyclic) bond motifs is 1. The lowest BCUT2D eigenvalue weighted by Gasteiger charge is -2.32. The smallest absolute Gasteiger partial charge is 0.224 e. The largest absolute Gasteiger partial charge is 0.324 e. The SMILES string of the molecule is O=C(CC[C@H]1CCCN(Cc2nc3c(s2)CCCC3)C1)Nc1ccccc1F. The number of thiazole rings is 1. The number of benzene rings is 1. The first-order valence-electron chi connectivity index (χ1n) is 10.4. The summed E-state index contributed by atoms with van der Waals surface area (Å²) >= 11 is 1.90. The second kappa shape index (κ2) is 9.14. The second-order valence-electron chi connectivity index (χ2n) is 7.99. The predicted octanol–water partition coefficient (Wildman–Crippen LogP) is 4.79. The van der Waals surface area contributed by atoms with Gasteiger partial charge in [0.1, 0.15) is 10.8 Å². The Hall–Kier alpha value is -1.79. The van der Waals surface area contributed by atoms with E-state index in [1.54, 1.807) is 18.2 Å². The number of hydrogen-bond donors (Lipinski definition) is 1. The third-order valence-corrected chi connectivity index (χ3v) is 6.92. The normalized spacial score (nSPS) is 20.0. The van der Waals surface area contributed by atoms with Crippen LogP contribution in [0.3, 0.4) is 0 Å². The van der Waals surface area contributed by atoms with E-state index < -0.39 is 0 Å². The molecule has 2 aromatic rings. The summed E-state index contributed by atoms with van der Waals surface area (Å²) in [5.74, 6) is 0.0374. The fraction of sp³-hybridized carbons (Fsp3) is 0.545. The van der Waals surface area contributed by atoms with Gasteiger partial charge in [0.05, 0.1) is 17.9 Å². The topological polar surface area (TPSA) is 45.2 Å². The maximum absolute atomic E-state index is 13.7. The van der Waals surface area contributed by atoms with Crippen LogP contribution in [0.5, 0.6) is 0 Å². The fourth-order valence-corrected chi connectivity index (χ4v) is 5.50. The van der Waals surface area contributed by atoms with Gasteiger partial charge in [0.15, 0.2) is 0 Å². The van der Waals surface area contributed by atoms with E-state index in [4.69, 9.17) is 4.98 Å². The summed E-state index contributed by atoms with van der Waals surface area (Å²) in [5, 5.41) is 3.95. The number of nitrogens with one attached hydrogen (secondary N) is 1. The van der Waals surface area contributed by atoms with Gasteiger partial charge in [0.2, 0.25) is 5.91 Å². The first-order chi connectivity index (χ1) is 13.7. The number of carbonyl (C=O) groups is 1. The molecule has 1 N–H and O–H groups in total. The minimum Gasteiger partial charge on any atom is -0.324 e. The third-order valence-electron chi connectivity index (χ3n) is 5.78. The van der Waals surface area contributed by atoms with Gasteiger partial charge in [-0.25, -0.2) is 9.37 Å². The van der Waals surface area contributed by atoms with E-state index in [0.717, 1.165) is 38.9 Å². The molecule has 150 valence electrons. The molecule has 0 unspecified atom stereocenters. The molecule has 2 aliphatic rings. The molecule has 6 heteroatoms. The number of halogens is 1. The Bertz CT molecular complexity index is 798. The number of hydrogen-bond acceptors (Lipinski definition) is 4. The summed E-state index contributed by atoms with van der Waals surface area (Å²) < 4.78 is 13.7. The number of nitrogens with zero attached hydrogens (tertiary/aromatic N) is 2. The monoisotopic (exact) mass is 401 g/mol. The summed E-state index contributed by atoms with van der Waals surface area (Å²) in [5.41, 5.74) is 1.61. The van der Waals surface area contributed by atoms with Crippen LogP contribution in [0.1, 0.15) is 54.1 Å². The predicted molar refractivity (Wildman–Crippen MR) is 111 cm³/mol. The molecule has 28 heavy (non-hydrogen) atoms. The molecular weight excluding hydrogens is 373 g/mol. The van der Waals surface area contributed by atoms with Crippen LogP contribution >= 0.6 is 11.3 Å². The van der Waals surface area contributed by atoms with E-state index in [2.05, 4.69) is 10.2 Å². The molecule has 1 fully saturated rings. The van der Waals surface area contributed by atoms with Crippen LogP contribution < -0.4 is 5.32 Å². The highest BCUT2D eigenvalue weighted by Gasteiger charge is 2.23. The summed E-state index contributed by atoms with van der Waals surface area (Å²) in [7, 11) is 0. The number of amides is 1. The standard InChI is InChI=1S/C22H28FN3OS/c23-17-7-1-2-8-18(17)24-21(27)12-11-16-6-5-13-26(14-16)15-22-25-19-9-3-4-10-20(19)28-22/h1-2,7-8,16H,3-6,9-15H2,(H,24,27)/t16-/m1/s1. The van der Waals surface area contributed by atoms with Crippen molar-refractivity contribution < 1.29 is 9.18 Å². The lowest BCUT2D eigenvalue weighted by molar-refractivity contribution is -0.116. The molecular formula is C22H28FN3OS. The average Bonchev–Trinajstić information content (AvgIpc) is 3.11. The molecule has 1 aromatic heterocycles. The van der Waals surface area contributed by atoms with E-state index in [1.165, 1.54) is 47.3 Å². The van der Waals surface area contributed by atoms with E-state index in [0.29, 0.717) is 12.3 Å². The summed E-state index contributed by atoms with van der Waals surface area (Å²) in [6.07, 6.45) is 8.55. The average molecular weight is 402 g/mol. The minimum atomic E-state index is -0.383. The number of rotatable bonds is 6. The highest BCUT2D eigenvalue weighted by Crippen LogP contribution is 2.29. The maximum Gasteiger partial charge on any atom is 0.224 e. The Morgan fingerprint density at radius 1 is 1.25 bits per heavy atom. The number of carbonyl (C=O) groups excluding carboxylic acids is 1. The number of likely N-dealkylation sites (tertiary alicyclic amines) is 1. The van der Waals surface area contributed by atoms with Crippen molar-refractivity contribution in [3.63, 3.8) is 0 Å². The van der Waals surface area contributed by atoms with E-state index in [1.807, 2.05) is 11.3 Å². The summed E-state index contributed by atoms with van der Waals surface area (Å²) in [6.45, 7) is 3.08. The van der Waals surface area contributed by atoms with E-state index >= 15 is 0 Å². The van der Waals surface area contributed by atoms with Gasteiger partial charge >= 0.3 is 0 Å². The molecule has 1 aliphatic heterocycles. The number of aryl methyl sites for hydroxylation is 2. The number of aromatic nitrogens is 1. The Balaban J connectivity index is 1.25. The molecule has 4 nitrogen and oxygen atoms in total. The van der Waals surface area contributed by atoms with Crippen molar-refractivity contribution in [2.75, 3.05) is 18.4 Å². The quantitative estimate of drug-likeness (QED) is 0.757. The van der Waals surface area contributed by atoms with Gasteiger partial charge in [-0.05, 0) is 69.5 Å². The molecule has 1 aliphatic carbocycles. The fourth-order valence-electron chi connectivity index (χ4n) is 4.31. The number of piperidine rings is 1. The zero-order valence-corrected chi connectivity index (χ0v) is 17.1. The van der Waals surface area contributed by atoms with Crippen LogP contribution in [0.2, 0.25) is 0 Å². The molecule has 4 rings (SSSR count). The first-order valence-corrected chi connectivity index (χ1v) is 11.2. The molecule has 1 aromatic carbocycles. The van der Waals surface area contributed by atoms with Crippen molar-refractivity contribution in [2.45, 2.75) is 57.9 Å². The minimum absolute atomic E-state index is 0.102. The Morgan fingerprint density at radius 3 is 2.96 bits per heavy atom. The molecule has 0 radical (unpaired) electrons. The molecule has 0 saturated carbocycles. The van der Waals surface area contributed by atoms with E-state index in [-0.39, 0.29) is 17.4 Å². The van der Waals surface area contributed by atoms with Gasteiger partial charge in [-0.3, -0.25) is 9.69 Å². The Morgan fingerprint density at radius 2 is 2.11 bits per heavy atom. The van der Waals surface area contributed by atoms with Gasteiger partial charge in [-0.2, -0.15) is 0 Å². The van der Waals surface area contributed by atoms with Crippen molar-refractivity contribution in [2.24, 2.45) is 5.92 Å². The van der Waals surface area contributed by atoms with E-state index in [9.17, 15) is 9.18 Å². The molecule has 0 bridgehead atoms. The van der Waals surface area contributed by atoms with Crippen molar-refractivity contribution in [3.05, 3.63) is 45.7 Å². The van der Waals surface area contributed by atoms with Gasteiger partial charge in [-0.1, -0.05) is 12.1 Å². The lowest BCUT2D eigenvalue weighted by atomic mass is 9.93. The summed E-state index contributed by atoms with van der Waals surface area (Å²) in [4.78, 5) is 21.1. The number of anilines is 1. The van der Waals surface area contributed by atoms with Crippen LogP contribution in [0.4, 0.5) is 10.1 Å². The van der Waals surface area contributed by atoms with Gasteiger partial charge < -0.3 is 5.32 Å². The molecule has 0 spiro atoms. The van der Waals surface area contributed by atoms with Crippen LogP contribution in [0.15, 0.2) is 24.3 Å². The second-order valence-corrected chi connectivity index (χ2v) is 9.16. The highest BCUT2D eigenvalue weighted by molar-refractivity contribution is 7.11. The third kappa shape index (κ3) is 4.97. The number of para-hydroxylation sites is 1. The van der Waals surface area contributed by atoms with Crippen LogP contribution in [-0.2, 0) is 24.2 Å². The molecule has 1 atom stereocenters. The van der Waals surface area contributed by atoms with Crippen molar-refractivity contribution in [1.82, 2.24) is 9.88 Å². The lowest BCUT2D eigenvalue weighted by Crippen LogP contribution is -2.35. The van der Waals surface area contributed by atoms with Crippen molar-refractivity contribution in [1.29, 1.82) is 0 Å². The molecule has 1 saturated heterocycles. The highest BCUT2D eigenvalue weighted by atomic mass is 32.1. The van der Waals surface area contributed by atoms with Crippen LogP contribution in [0.25, 0.3) is 0 Å². The van der Waals surface area contributed by atoms with Crippen LogP contribution in [-0.4, -0.2) is 28.9 Å². The molecule has 2 heterocycles. The zero-order valence-electron chi connectivity index (χ0n) is 16.3. The van der Waals surface area contributed by atoms with Gasteiger partial charge in [0, 0.05) is 17.8 Å². The maximum atomic E-state index is 13.7. The van der Waals surface area contributed by atoms with Gasteiger partial charge in [-0.15, -0.1) is 11.3 Å². The Labute approximate surface area is 170 Å². The molecule has 1 amide bonds. The van der Waals surface area contributed by atoms with Gasteiger partial charge in [0.25, 0.3) is 0 Å². The Kier molecular flexibility index (Phi) is 6.37. The van der Waals surface area contributed by atoms with Crippen molar-refractivity contribution >= 4 is 22.9 Å².